The van der Waals surface area contributed by atoms with Gasteiger partial charge >= 0.3 is 5.97 Å². The first-order valence-corrected chi connectivity index (χ1v) is 6.40. The molecule has 0 aliphatic rings. The van der Waals surface area contributed by atoms with Gasteiger partial charge in [-0.15, -0.1) is 0 Å². The summed E-state index contributed by atoms with van der Waals surface area (Å²) in [5.41, 5.74) is 2.94. The summed E-state index contributed by atoms with van der Waals surface area (Å²) < 4.78 is 2.23. The Bertz CT molecular complexity index is 605. The molecule has 18 heavy (non-hydrogen) atoms. The largest absolute Gasteiger partial charge is 0.476 e. The third-order valence-electron chi connectivity index (χ3n) is 2.69. The molecule has 0 spiro atoms. The Morgan fingerprint density at radius 3 is 2.78 bits per heavy atom. The van der Waals surface area contributed by atoms with Crippen molar-refractivity contribution in [2.45, 2.75) is 20.4 Å². The van der Waals surface area contributed by atoms with Gasteiger partial charge in [0.05, 0.1) is 10.2 Å². The van der Waals surface area contributed by atoms with Gasteiger partial charge in [0.25, 0.3) is 0 Å². The van der Waals surface area contributed by atoms with E-state index in [1.54, 1.807) is 4.68 Å². The molecule has 0 atom stereocenters. The standard InChI is InChI=1S/C13H13BrN2O2/c1-3-16-12(9-6-4-5-8(2)7-9)10(14)11(15-16)13(17)18/h4-7H,3H2,1-2H3,(H,17,18). The Kier molecular flexibility index (Phi) is 3.52. The van der Waals surface area contributed by atoms with Gasteiger partial charge in [0.15, 0.2) is 5.69 Å². The maximum atomic E-state index is 11.1. The van der Waals surface area contributed by atoms with Crippen LogP contribution in [0.15, 0.2) is 28.7 Å². The Balaban J connectivity index is 2.66. The zero-order valence-corrected chi connectivity index (χ0v) is 11.7. The highest BCUT2D eigenvalue weighted by molar-refractivity contribution is 9.10. The van der Waals surface area contributed by atoms with Crippen molar-refractivity contribution in [2.75, 3.05) is 0 Å². The van der Waals surface area contributed by atoms with Gasteiger partial charge in [0.1, 0.15) is 0 Å². The number of hydrogen-bond acceptors (Lipinski definition) is 2. The molecule has 0 amide bonds. The molecule has 0 saturated carbocycles. The van der Waals surface area contributed by atoms with Crippen LogP contribution < -0.4 is 0 Å². The van der Waals surface area contributed by atoms with E-state index in [0.29, 0.717) is 11.0 Å². The minimum atomic E-state index is -1.03. The fraction of sp³-hybridized carbons (Fsp3) is 0.231. The van der Waals surface area contributed by atoms with Gasteiger partial charge in [-0.05, 0) is 35.8 Å². The highest BCUT2D eigenvalue weighted by Gasteiger charge is 2.21. The predicted molar refractivity (Wildman–Crippen MR) is 72.7 cm³/mol. The summed E-state index contributed by atoms with van der Waals surface area (Å²) in [5, 5.41) is 13.2. The number of carbonyl (C=O) groups is 1. The number of carboxylic acid groups (broad SMARTS) is 1. The highest BCUT2D eigenvalue weighted by Crippen LogP contribution is 2.31. The van der Waals surface area contributed by atoms with Crippen LogP contribution in [-0.4, -0.2) is 20.9 Å². The SMILES string of the molecule is CCn1nc(C(=O)O)c(Br)c1-c1cccc(C)c1. The third-order valence-corrected chi connectivity index (χ3v) is 3.44. The second kappa shape index (κ2) is 4.94. The lowest BCUT2D eigenvalue weighted by atomic mass is 10.1. The summed E-state index contributed by atoms with van der Waals surface area (Å²) in [5.74, 6) is -1.03. The summed E-state index contributed by atoms with van der Waals surface area (Å²) in [6.07, 6.45) is 0. The van der Waals surface area contributed by atoms with Crippen LogP contribution in [0.3, 0.4) is 0 Å². The van der Waals surface area contributed by atoms with Crippen LogP contribution in [0, 0.1) is 6.92 Å². The second-order valence-electron chi connectivity index (χ2n) is 4.00. The number of halogens is 1. The van der Waals surface area contributed by atoms with Crippen molar-refractivity contribution in [3.8, 4) is 11.3 Å². The molecular weight excluding hydrogens is 296 g/mol. The molecule has 1 aromatic heterocycles. The van der Waals surface area contributed by atoms with E-state index < -0.39 is 5.97 Å². The smallest absolute Gasteiger partial charge is 0.357 e. The maximum absolute atomic E-state index is 11.1. The minimum absolute atomic E-state index is 0.0494. The van der Waals surface area contributed by atoms with Gasteiger partial charge in [-0.25, -0.2) is 4.79 Å². The summed E-state index contributed by atoms with van der Waals surface area (Å²) >= 11 is 3.34. The van der Waals surface area contributed by atoms with Gasteiger partial charge in [-0.2, -0.15) is 5.10 Å². The van der Waals surface area contributed by atoms with Crippen LogP contribution in [0.25, 0.3) is 11.3 Å². The van der Waals surface area contributed by atoms with Gasteiger partial charge < -0.3 is 5.11 Å². The number of nitrogens with zero attached hydrogens (tertiary/aromatic N) is 2. The monoisotopic (exact) mass is 308 g/mol. The molecule has 2 aromatic rings. The molecule has 94 valence electrons. The summed E-state index contributed by atoms with van der Waals surface area (Å²) in [7, 11) is 0. The molecule has 1 aromatic carbocycles. The molecule has 0 saturated heterocycles. The van der Waals surface area contributed by atoms with E-state index in [2.05, 4.69) is 21.0 Å². The van der Waals surface area contributed by atoms with Crippen LogP contribution in [0.4, 0.5) is 0 Å². The Morgan fingerprint density at radius 2 is 2.22 bits per heavy atom. The molecule has 0 aliphatic heterocycles. The molecule has 0 unspecified atom stereocenters. The Morgan fingerprint density at radius 1 is 1.50 bits per heavy atom. The van der Waals surface area contributed by atoms with Crippen molar-refractivity contribution in [3.05, 3.63) is 40.0 Å². The normalized spacial score (nSPS) is 10.6. The molecule has 4 nitrogen and oxygen atoms in total. The fourth-order valence-electron chi connectivity index (χ4n) is 1.87. The highest BCUT2D eigenvalue weighted by atomic mass is 79.9. The molecular formula is C13H13BrN2O2. The minimum Gasteiger partial charge on any atom is -0.476 e. The van der Waals surface area contributed by atoms with Crippen molar-refractivity contribution >= 4 is 21.9 Å². The number of hydrogen-bond donors (Lipinski definition) is 1. The number of aryl methyl sites for hydroxylation is 2. The van der Waals surface area contributed by atoms with E-state index in [0.717, 1.165) is 16.8 Å². The van der Waals surface area contributed by atoms with Gasteiger partial charge in [-0.3, -0.25) is 4.68 Å². The number of rotatable bonds is 3. The van der Waals surface area contributed by atoms with Crippen molar-refractivity contribution in [3.63, 3.8) is 0 Å². The van der Waals surface area contributed by atoms with Crippen molar-refractivity contribution < 1.29 is 9.90 Å². The lowest BCUT2D eigenvalue weighted by molar-refractivity contribution is 0.0688. The lowest BCUT2D eigenvalue weighted by Crippen LogP contribution is -2.02. The topological polar surface area (TPSA) is 55.1 Å². The number of aromatic carboxylic acids is 1. The molecule has 5 heteroatoms. The average molecular weight is 309 g/mol. The first kappa shape index (κ1) is 12.8. The van der Waals surface area contributed by atoms with E-state index in [-0.39, 0.29) is 5.69 Å². The predicted octanol–water partition coefficient (Wildman–Crippen LogP) is 3.34. The number of benzene rings is 1. The Labute approximate surface area is 113 Å². The van der Waals surface area contributed by atoms with Crippen LogP contribution in [0.2, 0.25) is 0 Å². The first-order chi connectivity index (χ1) is 8.54. The summed E-state index contributed by atoms with van der Waals surface area (Å²) in [4.78, 5) is 11.1. The third kappa shape index (κ3) is 2.18. The number of aromatic nitrogens is 2. The molecule has 2 rings (SSSR count). The van der Waals surface area contributed by atoms with Gasteiger partial charge in [0, 0.05) is 12.1 Å². The molecule has 0 radical (unpaired) electrons. The maximum Gasteiger partial charge on any atom is 0.357 e. The lowest BCUT2D eigenvalue weighted by Gasteiger charge is -2.06. The summed E-state index contributed by atoms with van der Waals surface area (Å²) in [6.45, 7) is 4.56. The van der Waals surface area contributed by atoms with Gasteiger partial charge in [-0.1, -0.05) is 23.8 Å². The van der Waals surface area contributed by atoms with Crippen LogP contribution in [0.5, 0.6) is 0 Å². The van der Waals surface area contributed by atoms with E-state index in [1.807, 2.05) is 38.1 Å². The zero-order chi connectivity index (χ0) is 13.3. The quantitative estimate of drug-likeness (QED) is 0.946. The van der Waals surface area contributed by atoms with E-state index in [9.17, 15) is 4.79 Å². The Hall–Kier alpha value is -1.62. The van der Waals surface area contributed by atoms with Crippen LogP contribution in [0.1, 0.15) is 23.0 Å². The van der Waals surface area contributed by atoms with Crippen LogP contribution >= 0.6 is 15.9 Å². The van der Waals surface area contributed by atoms with Crippen molar-refractivity contribution in [1.29, 1.82) is 0 Å². The first-order valence-electron chi connectivity index (χ1n) is 5.61. The number of carboxylic acids is 1. The zero-order valence-electron chi connectivity index (χ0n) is 10.1. The van der Waals surface area contributed by atoms with Gasteiger partial charge in [0.2, 0.25) is 0 Å². The van der Waals surface area contributed by atoms with E-state index in [1.165, 1.54) is 0 Å². The molecule has 0 aliphatic carbocycles. The molecule has 0 fully saturated rings. The molecule has 1 heterocycles. The van der Waals surface area contributed by atoms with E-state index in [4.69, 9.17) is 5.11 Å². The summed E-state index contributed by atoms with van der Waals surface area (Å²) in [6, 6.07) is 7.92. The molecule has 0 bridgehead atoms. The second-order valence-corrected chi connectivity index (χ2v) is 4.79. The van der Waals surface area contributed by atoms with E-state index >= 15 is 0 Å². The average Bonchev–Trinajstić information content (AvgIpc) is 2.66. The van der Waals surface area contributed by atoms with Crippen LogP contribution in [-0.2, 0) is 6.54 Å². The molecule has 1 N–H and O–H groups in total. The fourth-order valence-corrected chi connectivity index (χ4v) is 2.56. The van der Waals surface area contributed by atoms with Crippen molar-refractivity contribution in [2.24, 2.45) is 0 Å². The van der Waals surface area contributed by atoms with Crippen molar-refractivity contribution in [1.82, 2.24) is 9.78 Å².